The van der Waals surface area contributed by atoms with Crippen molar-refractivity contribution in [2.75, 3.05) is 38.2 Å². The van der Waals surface area contributed by atoms with Crippen LogP contribution < -0.4 is 9.64 Å². The number of benzene rings is 2. The van der Waals surface area contributed by atoms with Crippen molar-refractivity contribution in [3.05, 3.63) is 66.0 Å². The molecule has 0 unspecified atom stereocenters. The van der Waals surface area contributed by atoms with Gasteiger partial charge in [0.05, 0.1) is 18.2 Å². The predicted octanol–water partition coefficient (Wildman–Crippen LogP) is 3.33. The van der Waals surface area contributed by atoms with Crippen LogP contribution in [0.3, 0.4) is 0 Å². The Labute approximate surface area is 221 Å². The van der Waals surface area contributed by atoms with Gasteiger partial charge in [0.1, 0.15) is 11.8 Å². The molecule has 5 aromatic rings. The van der Waals surface area contributed by atoms with Crippen LogP contribution >= 0.6 is 0 Å². The van der Waals surface area contributed by atoms with E-state index in [1.54, 1.807) is 11.6 Å². The maximum Gasteiger partial charge on any atom is 0.185 e. The van der Waals surface area contributed by atoms with Crippen molar-refractivity contribution < 1.29 is 4.74 Å². The van der Waals surface area contributed by atoms with Gasteiger partial charge in [0, 0.05) is 48.9 Å². The summed E-state index contributed by atoms with van der Waals surface area (Å²) in [4.78, 5) is 4.88. The van der Waals surface area contributed by atoms with Crippen LogP contribution in [0, 0.1) is 0 Å². The number of fused-ring (bicyclic) bond motifs is 3. The quantitative estimate of drug-likeness (QED) is 0.325. The number of hydrogen-bond donors (Lipinski definition) is 0. The summed E-state index contributed by atoms with van der Waals surface area (Å²) in [5.74, 6) is 1.55. The lowest BCUT2D eigenvalue weighted by molar-refractivity contribution is 0.188. The zero-order chi connectivity index (χ0) is 26.3. The zero-order valence-corrected chi connectivity index (χ0v) is 22.2. The first-order valence-electron chi connectivity index (χ1n) is 13.0. The van der Waals surface area contributed by atoms with Gasteiger partial charge in [-0.05, 0) is 71.5 Å². The van der Waals surface area contributed by atoms with Gasteiger partial charge in [-0.1, -0.05) is 25.1 Å². The van der Waals surface area contributed by atoms with Gasteiger partial charge in [-0.15, -0.1) is 10.2 Å². The molecule has 11 heteroatoms. The third kappa shape index (κ3) is 4.12. The molecule has 0 radical (unpaired) electrons. The predicted molar refractivity (Wildman–Crippen MR) is 144 cm³/mol. The smallest absolute Gasteiger partial charge is 0.185 e. The highest BCUT2D eigenvalue weighted by molar-refractivity contribution is 5.84. The molecule has 38 heavy (non-hydrogen) atoms. The minimum Gasteiger partial charge on any atom is -0.497 e. The number of piperazine rings is 1. The molecule has 0 spiro atoms. The van der Waals surface area contributed by atoms with E-state index in [4.69, 9.17) is 4.74 Å². The Balaban J connectivity index is 1.48. The minimum absolute atomic E-state index is 0.228. The number of pyridine rings is 1. The molecule has 4 heterocycles. The second-order valence-corrected chi connectivity index (χ2v) is 10.3. The zero-order valence-electron chi connectivity index (χ0n) is 22.2. The van der Waals surface area contributed by atoms with E-state index in [-0.39, 0.29) is 11.6 Å². The Morgan fingerprint density at radius 2 is 1.68 bits per heavy atom. The van der Waals surface area contributed by atoms with Crippen LogP contribution in [-0.2, 0) is 5.54 Å². The Bertz CT molecular complexity index is 1550. The van der Waals surface area contributed by atoms with Crippen LogP contribution in [0.1, 0.15) is 44.6 Å². The summed E-state index contributed by atoms with van der Waals surface area (Å²) >= 11 is 0. The summed E-state index contributed by atoms with van der Waals surface area (Å²) in [7, 11) is 1.66. The number of anilines is 1. The number of tetrazole rings is 2. The number of nitrogens with zero attached hydrogens (tertiary/aromatic N) is 10. The van der Waals surface area contributed by atoms with Crippen molar-refractivity contribution in [2.24, 2.45) is 0 Å². The van der Waals surface area contributed by atoms with E-state index in [0.29, 0.717) is 5.65 Å². The number of para-hydroxylation sites is 1. The summed E-state index contributed by atoms with van der Waals surface area (Å²) in [5.41, 5.74) is 3.53. The van der Waals surface area contributed by atoms with Gasteiger partial charge in [-0.25, -0.2) is 4.68 Å². The Kier molecular flexibility index (Phi) is 6.15. The molecular weight excluding hydrogens is 480 g/mol. The van der Waals surface area contributed by atoms with Gasteiger partial charge in [0.2, 0.25) is 0 Å². The van der Waals surface area contributed by atoms with Gasteiger partial charge >= 0.3 is 0 Å². The average Bonchev–Trinajstić information content (AvgIpc) is 3.65. The molecule has 1 aliphatic rings. The third-order valence-corrected chi connectivity index (χ3v) is 7.78. The lowest BCUT2D eigenvalue weighted by Crippen LogP contribution is -2.49. The molecule has 0 amide bonds. The highest BCUT2D eigenvalue weighted by atomic mass is 16.5. The van der Waals surface area contributed by atoms with E-state index in [1.165, 1.54) is 5.69 Å². The van der Waals surface area contributed by atoms with Crippen LogP contribution in [0.15, 0.2) is 54.6 Å². The molecular formula is C27H32N10O. The van der Waals surface area contributed by atoms with E-state index in [0.717, 1.165) is 60.6 Å². The summed E-state index contributed by atoms with van der Waals surface area (Å²) in [6, 6.07) is 18.5. The normalized spacial score (nSPS) is 15.8. The molecule has 0 aliphatic carbocycles. The summed E-state index contributed by atoms with van der Waals surface area (Å²) in [6.45, 7) is 9.96. The standard InChI is InChI=1S/C27H32N10O/c1-5-27(2,3)37-26(29-31-33-37)24(35-15-13-34(14-16-35)20-9-7-6-8-10-20)22-17-19-11-12-21(38-4)18-23(19)36-25(22)28-30-32-36/h6-12,17-18,24H,5,13-16H2,1-4H3/t24-/m1/s1. The van der Waals surface area contributed by atoms with E-state index in [2.05, 4.69) is 98.0 Å². The Morgan fingerprint density at radius 3 is 2.42 bits per heavy atom. The fourth-order valence-corrected chi connectivity index (χ4v) is 5.24. The maximum atomic E-state index is 5.47. The van der Waals surface area contributed by atoms with Gasteiger partial charge in [0.25, 0.3) is 0 Å². The fourth-order valence-electron chi connectivity index (χ4n) is 5.24. The van der Waals surface area contributed by atoms with Crippen molar-refractivity contribution in [2.45, 2.75) is 38.8 Å². The fraction of sp³-hybridized carbons (Fsp3) is 0.407. The molecule has 0 bridgehead atoms. The Hall–Kier alpha value is -4.12. The van der Waals surface area contributed by atoms with Crippen molar-refractivity contribution in [3.8, 4) is 5.75 Å². The van der Waals surface area contributed by atoms with E-state index in [9.17, 15) is 0 Å². The molecule has 2 aromatic carbocycles. The van der Waals surface area contributed by atoms with Crippen LogP contribution in [0.25, 0.3) is 16.6 Å². The number of methoxy groups -OCH3 is 1. The monoisotopic (exact) mass is 512 g/mol. The minimum atomic E-state index is -0.255. The van der Waals surface area contributed by atoms with Crippen molar-refractivity contribution in [3.63, 3.8) is 0 Å². The topological polar surface area (TPSA) is 102 Å². The molecule has 1 saturated heterocycles. The van der Waals surface area contributed by atoms with Gasteiger partial charge in [-0.2, -0.15) is 4.52 Å². The first kappa shape index (κ1) is 24.2. The first-order valence-corrected chi connectivity index (χ1v) is 13.0. The highest BCUT2D eigenvalue weighted by Crippen LogP contribution is 2.36. The van der Waals surface area contributed by atoms with Crippen molar-refractivity contribution in [1.29, 1.82) is 0 Å². The summed E-state index contributed by atoms with van der Waals surface area (Å²) in [6.07, 6.45) is 0.888. The summed E-state index contributed by atoms with van der Waals surface area (Å²) in [5, 5.41) is 27.1. The summed E-state index contributed by atoms with van der Waals surface area (Å²) < 4.78 is 9.23. The molecule has 0 N–H and O–H groups in total. The second kappa shape index (κ2) is 9.64. The van der Waals surface area contributed by atoms with Crippen LogP contribution in [-0.4, -0.2) is 78.4 Å². The number of hydrogen-bond acceptors (Lipinski definition) is 9. The third-order valence-electron chi connectivity index (χ3n) is 7.78. The molecule has 11 nitrogen and oxygen atoms in total. The number of rotatable bonds is 7. The van der Waals surface area contributed by atoms with Gasteiger partial charge in [-0.3, -0.25) is 4.90 Å². The lowest BCUT2D eigenvalue weighted by Gasteiger charge is -2.40. The van der Waals surface area contributed by atoms with Crippen molar-refractivity contribution in [1.82, 2.24) is 45.1 Å². The molecule has 6 rings (SSSR count). The van der Waals surface area contributed by atoms with Gasteiger partial charge < -0.3 is 9.64 Å². The van der Waals surface area contributed by atoms with E-state index < -0.39 is 0 Å². The van der Waals surface area contributed by atoms with E-state index in [1.807, 2.05) is 22.9 Å². The second-order valence-electron chi connectivity index (χ2n) is 10.3. The number of ether oxygens (including phenoxy) is 1. The molecule has 1 aliphatic heterocycles. The Morgan fingerprint density at radius 1 is 0.921 bits per heavy atom. The van der Waals surface area contributed by atoms with Crippen molar-refractivity contribution >= 4 is 22.2 Å². The van der Waals surface area contributed by atoms with Crippen LogP contribution in [0.5, 0.6) is 5.75 Å². The molecule has 3 aromatic heterocycles. The molecule has 1 fully saturated rings. The highest BCUT2D eigenvalue weighted by Gasteiger charge is 2.36. The molecule has 0 saturated carbocycles. The molecule has 1 atom stereocenters. The first-order chi connectivity index (χ1) is 18.5. The lowest BCUT2D eigenvalue weighted by atomic mass is 9.98. The van der Waals surface area contributed by atoms with Crippen LogP contribution in [0.2, 0.25) is 0 Å². The largest absolute Gasteiger partial charge is 0.497 e. The average molecular weight is 513 g/mol. The van der Waals surface area contributed by atoms with Crippen LogP contribution in [0.4, 0.5) is 5.69 Å². The number of aromatic nitrogens is 8. The molecule has 196 valence electrons. The SMILES string of the molecule is CCC(C)(C)n1nnnc1[C@@H](c1cc2ccc(OC)cc2n2nnnc12)N1CCN(c2ccccc2)CC1. The van der Waals surface area contributed by atoms with Gasteiger partial charge in [0.15, 0.2) is 11.5 Å². The van der Waals surface area contributed by atoms with E-state index >= 15 is 0 Å². The maximum absolute atomic E-state index is 5.47.